The number of azide groups is 1. The Balaban J connectivity index is 4.25. The number of carbonyl (C=O) groups excluding carboxylic acids is 1. The molecule has 0 aliphatic rings. The maximum absolute atomic E-state index is 10.9. The average molecular weight is 156 g/mol. The number of amides is 2. The van der Waals surface area contributed by atoms with Gasteiger partial charge in [0.05, 0.1) is 0 Å². The highest BCUT2D eigenvalue weighted by molar-refractivity contribution is 5.75. The van der Waals surface area contributed by atoms with Crippen molar-refractivity contribution in [2.45, 2.75) is 26.8 Å². The van der Waals surface area contributed by atoms with Gasteiger partial charge in [-0.05, 0) is 26.3 Å². The molecule has 0 saturated carbocycles. The lowest BCUT2D eigenvalue weighted by molar-refractivity contribution is 0.196. The highest BCUT2D eigenvalue weighted by Crippen LogP contribution is 2.00. The molecule has 11 heavy (non-hydrogen) atoms. The average Bonchev–Trinajstić information content (AvgIpc) is 1.88. The number of nitrogens with zero attached hydrogens (tertiary/aromatic N) is 4. The molecule has 0 fully saturated rings. The molecule has 0 atom stereocenters. The van der Waals surface area contributed by atoms with E-state index in [0.29, 0.717) is 6.54 Å². The van der Waals surface area contributed by atoms with Gasteiger partial charge in [0.25, 0.3) is 0 Å². The molecule has 0 rings (SSSR count). The van der Waals surface area contributed by atoms with Crippen LogP contribution in [-0.4, -0.2) is 23.5 Å². The molecule has 0 aromatic heterocycles. The van der Waals surface area contributed by atoms with Crippen LogP contribution in [-0.2, 0) is 0 Å². The van der Waals surface area contributed by atoms with Crippen LogP contribution in [0.5, 0.6) is 0 Å². The Hall–Kier alpha value is -1.22. The topological polar surface area (TPSA) is 69.1 Å². The van der Waals surface area contributed by atoms with Gasteiger partial charge in [-0.25, -0.2) is 0 Å². The van der Waals surface area contributed by atoms with E-state index in [4.69, 9.17) is 5.53 Å². The molecule has 0 aliphatic carbocycles. The van der Waals surface area contributed by atoms with Gasteiger partial charge in [-0.1, -0.05) is 0 Å². The first-order chi connectivity index (χ1) is 5.13. The zero-order valence-electron chi connectivity index (χ0n) is 6.98. The molecule has 0 N–H and O–H groups in total. The van der Waals surface area contributed by atoms with Crippen LogP contribution in [0, 0.1) is 0 Å². The fourth-order valence-corrected chi connectivity index (χ4v) is 0.817. The summed E-state index contributed by atoms with van der Waals surface area (Å²) in [7, 11) is 0. The van der Waals surface area contributed by atoms with Crippen LogP contribution in [0.25, 0.3) is 10.4 Å². The summed E-state index contributed by atoms with van der Waals surface area (Å²) < 4.78 is 0. The monoisotopic (exact) mass is 156 g/mol. The largest absolute Gasteiger partial charge is 0.335 e. The Morgan fingerprint density at radius 1 is 1.73 bits per heavy atom. The van der Waals surface area contributed by atoms with E-state index in [1.807, 2.05) is 20.8 Å². The van der Waals surface area contributed by atoms with Gasteiger partial charge in [-0.3, -0.25) is 4.79 Å². The van der Waals surface area contributed by atoms with E-state index in [1.54, 1.807) is 0 Å². The standard InChI is InChI=1S/C6H12N4O/c1-4-10(5(2)3)6(11)8-9-7/h5H,4H2,1-3H3. The number of hydrogen-bond donors (Lipinski definition) is 0. The minimum absolute atomic E-state index is 0.0815. The van der Waals surface area contributed by atoms with Crippen LogP contribution in [0.4, 0.5) is 4.79 Å². The predicted molar refractivity (Wildman–Crippen MR) is 42.1 cm³/mol. The van der Waals surface area contributed by atoms with Crippen molar-refractivity contribution in [2.24, 2.45) is 5.11 Å². The van der Waals surface area contributed by atoms with Crippen LogP contribution >= 0.6 is 0 Å². The maximum atomic E-state index is 10.9. The van der Waals surface area contributed by atoms with E-state index in [-0.39, 0.29) is 6.04 Å². The second-order valence-corrected chi connectivity index (χ2v) is 2.35. The van der Waals surface area contributed by atoms with Crippen molar-refractivity contribution in [2.75, 3.05) is 6.54 Å². The van der Waals surface area contributed by atoms with Crippen molar-refractivity contribution in [1.29, 1.82) is 0 Å². The molecule has 0 saturated heterocycles. The number of urea groups is 1. The van der Waals surface area contributed by atoms with Gasteiger partial charge in [0, 0.05) is 22.6 Å². The molecule has 0 unspecified atom stereocenters. The SMILES string of the molecule is CCN(C(=O)N=[N+]=[N-])C(C)C. The molecule has 0 bridgehead atoms. The van der Waals surface area contributed by atoms with Gasteiger partial charge in [0.1, 0.15) is 0 Å². The normalized spacial score (nSPS) is 9.09. The van der Waals surface area contributed by atoms with Crippen LogP contribution in [0.1, 0.15) is 20.8 Å². The lowest BCUT2D eigenvalue weighted by Gasteiger charge is -2.22. The summed E-state index contributed by atoms with van der Waals surface area (Å²) in [6.07, 6.45) is 0. The van der Waals surface area contributed by atoms with Gasteiger partial charge < -0.3 is 4.90 Å². The summed E-state index contributed by atoms with van der Waals surface area (Å²) in [6.45, 7) is 6.14. The van der Waals surface area contributed by atoms with E-state index < -0.39 is 6.03 Å². The third-order valence-corrected chi connectivity index (χ3v) is 1.34. The molecule has 5 nitrogen and oxygen atoms in total. The van der Waals surface area contributed by atoms with Crippen LogP contribution in [0.2, 0.25) is 0 Å². The first-order valence-electron chi connectivity index (χ1n) is 3.49. The predicted octanol–water partition coefficient (Wildman–Crippen LogP) is 2.15. The zero-order valence-corrected chi connectivity index (χ0v) is 6.98. The smallest absolute Gasteiger partial charge is 0.310 e. The summed E-state index contributed by atoms with van der Waals surface area (Å²) in [4.78, 5) is 14.8. The zero-order chi connectivity index (χ0) is 8.85. The second-order valence-electron chi connectivity index (χ2n) is 2.35. The third kappa shape index (κ3) is 2.91. The summed E-state index contributed by atoms with van der Waals surface area (Å²) in [6, 6.07) is -0.428. The Labute approximate surface area is 65.6 Å². The Morgan fingerprint density at radius 3 is 2.55 bits per heavy atom. The first-order valence-corrected chi connectivity index (χ1v) is 3.49. The van der Waals surface area contributed by atoms with Gasteiger partial charge >= 0.3 is 6.03 Å². The molecule has 62 valence electrons. The van der Waals surface area contributed by atoms with Gasteiger partial charge in [0.15, 0.2) is 0 Å². The van der Waals surface area contributed by atoms with E-state index >= 15 is 0 Å². The number of rotatable bonds is 2. The summed E-state index contributed by atoms with van der Waals surface area (Å²) in [5.74, 6) is 0. The maximum Gasteiger partial charge on any atom is 0.310 e. The highest BCUT2D eigenvalue weighted by atomic mass is 16.2. The minimum atomic E-state index is -0.509. The van der Waals surface area contributed by atoms with E-state index in [0.717, 1.165) is 0 Å². The van der Waals surface area contributed by atoms with Crippen molar-refractivity contribution < 1.29 is 4.79 Å². The Morgan fingerprint density at radius 2 is 2.27 bits per heavy atom. The molecule has 0 heterocycles. The van der Waals surface area contributed by atoms with Gasteiger partial charge in [-0.15, -0.1) is 0 Å². The number of carbonyl (C=O) groups is 1. The van der Waals surface area contributed by atoms with Crippen LogP contribution in [0.3, 0.4) is 0 Å². The van der Waals surface area contributed by atoms with Gasteiger partial charge in [0.2, 0.25) is 0 Å². The fourth-order valence-electron chi connectivity index (χ4n) is 0.817. The summed E-state index contributed by atoms with van der Waals surface area (Å²) in [5.41, 5.74) is 7.97. The molecule has 0 aromatic rings. The van der Waals surface area contributed by atoms with E-state index in [1.165, 1.54) is 4.90 Å². The summed E-state index contributed by atoms with van der Waals surface area (Å²) in [5, 5.41) is 2.98. The number of hydrogen-bond acceptors (Lipinski definition) is 1. The van der Waals surface area contributed by atoms with E-state index in [2.05, 4.69) is 10.0 Å². The minimum Gasteiger partial charge on any atom is -0.335 e. The van der Waals surface area contributed by atoms with Crippen molar-refractivity contribution in [3.8, 4) is 0 Å². The Kier molecular flexibility index (Phi) is 4.07. The molecular weight excluding hydrogens is 144 g/mol. The lowest BCUT2D eigenvalue weighted by Crippen LogP contribution is -2.34. The van der Waals surface area contributed by atoms with Gasteiger partial charge in [-0.2, -0.15) is 0 Å². The molecular formula is C6H12N4O. The van der Waals surface area contributed by atoms with Crippen molar-refractivity contribution in [3.05, 3.63) is 10.4 Å². The van der Waals surface area contributed by atoms with Crippen LogP contribution < -0.4 is 0 Å². The molecule has 0 aromatic carbocycles. The van der Waals surface area contributed by atoms with Crippen molar-refractivity contribution in [1.82, 2.24) is 4.90 Å². The first kappa shape index (κ1) is 9.78. The Bertz CT molecular complexity index is 183. The van der Waals surface area contributed by atoms with Crippen LogP contribution in [0.15, 0.2) is 5.11 Å². The fraction of sp³-hybridized carbons (Fsp3) is 0.833. The molecule has 0 aliphatic heterocycles. The lowest BCUT2D eigenvalue weighted by atomic mass is 10.3. The molecule has 0 radical (unpaired) electrons. The quantitative estimate of drug-likeness (QED) is 0.343. The van der Waals surface area contributed by atoms with Crippen molar-refractivity contribution in [3.63, 3.8) is 0 Å². The molecule has 2 amide bonds. The molecule has 5 heteroatoms. The second kappa shape index (κ2) is 4.57. The van der Waals surface area contributed by atoms with E-state index in [9.17, 15) is 4.79 Å². The highest BCUT2D eigenvalue weighted by Gasteiger charge is 2.11. The summed E-state index contributed by atoms with van der Waals surface area (Å²) >= 11 is 0. The third-order valence-electron chi connectivity index (χ3n) is 1.34. The molecule has 0 spiro atoms. The van der Waals surface area contributed by atoms with Crippen molar-refractivity contribution >= 4 is 6.03 Å².